The van der Waals surface area contributed by atoms with Gasteiger partial charge in [0.2, 0.25) is 5.78 Å². The first-order chi connectivity index (χ1) is 9.16. The summed E-state index contributed by atoms with van der Waals surface area (Å²) in [6.07, 6.45) is 8.49. The van der Waals surface area contributed by atoms with Gasteiger partial charge in [0, 0.05) is 31.0 Å². The van der Waals surface area contributed by atoms with E-state index >= 15 is 0 Å². The minimum atomic E-state index is 0.606. The van der Waals surface area contributed by atoms with Gasteiger partial charge >= 0.3 is 0 Å². The zero-order valence-corrected chi connectivity index (χ0v) is 12.0. The highest BCUT2D eigenvalue weighted by atomic mass is 15.2. The molecular formula is C15H22N4. The molecule has 4 nitrogen and oxygen atoms in total. The molecule has 2 aromatic rings. The van der Waals surface area contributed by atoms with Crippen LogP contribution in [0.5, 0.6) is 0 Å². The first-order valence-electron chi connectivity index (χ1n) is 7.19. The van der Waals surface area contributed by atoms with E-state index < -0.39 is 0 Å². The molecule has 0 unspecified atom stereocenters. The summed E-state index contributed by atoms with van der Waals surface area (Å²) in [5.74, 6) is 1.48. The van der Waals surface area contributed by atoms with E-state index in [4.69, 9.17) is 0 Å². The molecule has 1 atom stereocenters. The molecule has 4 heteroatoms. The van der Waals surface area contributed by atoms with Crippen LogP contribution >= 0.6 is 0 Å². The third-order valence-electron chi connectivity index (χ3n) is 4.21. The van der Waals surface area contributed by atoms with Crippen molar-refractivity contribution >= 4 is 5.78 Å². The van der Waals surface area contributed by atoms with Crippen molar-refractivity contribution in [3.05, 3.63) is 30.4 Å². The Morgan fingerprint density at radius 2 is 2.11 bits per heavy atom. The molecule has 0 saturated heterocycles. The Morgan fingerprint density at radius 3 is 2.79 bits per heavy atom. The van der Waals surface area contributed by atoms with E-state index in [2.05, 4.69) is 46.2 Å². The maximum Gasteiger partial charge on any atom is 0.233 e. The molecule has 0 aromatic carbocycles. The van der Waals surface area contributed by atoms with E-state index in [1.54, 1.807) is 6.20 Å². The van der Waals surface area contributed by atoms with Crippen LogP contribution in [-0.2, 0) is 6.54 Å². The van der Waals surface area contributed by atoms with Crippen molar-refractivity contribution in [2.45, 2.75) is 52.2 Å². The summed E-state index contributed by atoms with van der Waals surface area (Å²) < 4.78 is 2.10. The Bertz CT molecular complexity index is 556. The Hall–Kier alpha value is -1.42. The minimum Gasteiger partial charge on any atom is -0.292 e. The number of hydrogen-bond donors (Lipinski definition) is 0. The van der Waals surface area contributed by atoms with Crippen molar-refractivity contribution in [3.63, 3.8) is 0 Å². The lowest BCUT2D eigenvalue weighted by Crippen LogP contribution is -2.38. The van der Waals surface area contributed by atoms with E-state index in [9.17, 15) is 0 Å². The molecule has 1 saturated carbocycles. The molecule has 19 heavy (non-hydrogen) atoms. The fourth-order valence-electron chi connectivity index (χ4n) is 2.58. The quantitative estimate of drug-likeness (QED) is 0.827. The Morgan fingerprint density at radius 1 is 1.32 bits per heavy atom. The second-order valence-corrected chi connectivity index (χ2v) is 5.93. The van der Waals surface area contributed by atoms with E-state index in [1.807, 2.05) is 12.3 Å². The summed E-state index contributed by atoms with van der Waals surface area (Å²) in [6, 6.07) is 3.33. The third kappa shape index (κ3) is 2.50. The largest absolute Gasteiger partial charge is 0.292 e. The third-order valence-corrected chi connectivity index (χ3v) is 4.21. The maximum absolute atomic E-state index is 4.38. The molecule has 3 rings (SSSR count). The van der Waals surface area contributed by atoms with Gasteiger partial charge < -0.3 is 0 Å². The Labute approximate surface area is 114 Å². The van der Waals surface area contributed by atoms with Crippen LogP contribution in [0.2, 0.25) is 0 Å². The van der Waals surface area contributed by atoms with Crippen molar-refractivity contribution in [1.82, 2.24) is 19.3 Å². The van der Waals surface area contributed by atoms with Crippen molar-refractivity contribution in [2.24, 2.45) is 5.92 Å². The van der Waals surface area contributed by atoms with Gasteiger partial charge in [0.1, 0.15) is 0 Å². The predicted octanol–water partition coefficient (Wildman–Crippen LogP) is 2.74. The predicted molar refractivity (Wildman–Crippen MR) is 75.9 cm³/mol. The molecule has 2 aromatic heterocycles. The number of aromatic nitrogens is 3. The van der Waals surface area contributed by atoms with Gasteiger partial charge in [-0.1, -0.05) is 13.8 Å². The first-order valence-corrected chi connectivity index (χ1v) is 7.19. The SMILES string of the molecule is CC(C)[C@@H](C)N(Cc1cnc2ncccn12)C1CC1. The topological polar surface area (TPSA) is 33.4 Å². The first kappa shape index (κ1) is 12.6. The van der Waals surface area contributed by atoms with Crippen LogP contribution < -0.4 is 0 Å². The van der Waals surface area contributed by atoms with E-state index in [1.165, 1.54) is 18.5 Å². The average Bonchev–Trinajstić information content (AvgIpc) is 3.17. The van der Waals surface area contributed by atoms with Gasteiger partial charge in [-0.05, 0) is 31.7 Å². The van der Waals surface area contributed by atoms with Crippen LogP contribution in [0.4, 0.5) is 0 Å². The van der Waals surface area contributed by atoms with E-state index in [-0.39, 0.29) is 0 Å². The second kappa shape index (κ2) is 4.93. The smallest absolute Gasteiger partial charge is 0.233 e. The normalized spacial score (nSPS) is 17.5. The molecule has 2 heterocycles. The molecule has 102 valence electrons. The average molecular weight is 258 g/mol. The van der Waals surface area contributed by atoms with Gasteiger partial charge in [-0.25, -0.2) is 9.97 Å². The highest BCUT2D eigenvalue weighted by Crippen LogP contribution is 2.32. The summed E-state index contributed by atoms with van der Waals surface area (Å²) in [5.41, 5.74) is 1.24. The number of nitrogens with zero attached hydrogens (tertiary/aromatic N) is 4. The lowest BCUT2D eigenvalue weighted by atomic mass is 10.0. The van der Waals surface area contributed by atoms with E-state index in [0.29, 0.717) is 12.0 Å². The van der Waals surface area contributed by atoms with Crippen LogP contribution in [-0.4, -0.2) is 31.4 Å². The molecule has 0 bridgehead atoms. The van der Waals surface area contributed by atoms with Crippen LogP contribution in [0.3, 0.4) is 0 Å². The van der Waals surface area contributed by atoms with Crippen molar-refractivity contribution in [1.29, 1.82) is 0 Å². The van der Waals surface area contributed by atoms with E-state index in [0.717, 1.165) is 18.4 Å². The molecule has 0 radical (unpaired) electrons. The summed E-state index contributed by atoms with van der Waals surface area (Å²) in [5, 5.41) is 0. The second-order valence-electron chi connectivity index (χ2n) is 5.93. The lowest BCUT2D eigenvalue weighted by Gasteiger charge is -2.31. The molecule has 1 aliphatic carbocycles. The Kier molecular flexibility index (Phi) is 3.27. The monoisotopic (exact) mass is 258 g/mol. The molecule has 0 aliphatic heterocycles. The highest BCUT2D eigenvalue weighted by molar-refractivity contribution is 5.30. The minimum absolute atomic E-state index is 0.606. The summed E-state index contributed by atoms with van der Waals surface area (Å²) in [4.78, 5) is 11.3. The fourth-order valence-corrected chi connectivity index (χ4v) is 2.58. The molecule has 0 N–H and O–H groups in total. The van der Waals surface area contributed by atoms with Gasteiger partial charge in [-0.2, -0.15) is 0 Å². The van der Waals surface area contributed by atoms with Gasteiger partial charge in [-0.3, -0.25) is 9.30 Å². The number of hydrogen-bond acceptors (Lipinski definition) is 3. The van der Waals surface area contributed by atoms with Crippen LogP contribution in [0, 0.1) is 5.92 Å². The number of imidazole rings is 1. The molecule has 1 aliphatic rings. The van der Waals surface area contributed by atoms with Crippen molar-refractivity contribution in [2.75, 3.05) is 0 Å². The Balaban J connectivity index is 1.85. The van der Waals surface area contributed by atoms with Gasteiger partial charge in [0.25, 0.3) is 0 Å². The molecule has 0 spiro atoms. The van der Waals surface area contributed by atoms with Crippen molar-refractivity contribution in [3.8, 4) is 0 Å². The molecular weight excluding hydrogens is 236 g/mol. The lowest BCUT2D eigenvalue weighted by molar-refractivity contribution is 0.148. The zero-order valence-electron chi connectivity index (χ0n) is 12.0. The maximum atomic E-state index is 4.38. The van der Waals surface area contributed by atoms with Gasteiger partial charge in [-0.15, -0.1) is 0 Å². The van der Waals surface area contributed by atoms with Crippen LogP contribution in [0.1, 0.15) is 39.3 Å². The summed E-state index contributed by atoms with van der Waals surface area (Å²) in [7, 11) is 0. The highest BCUT2D eigenvalue weighted by Gasteiger charge is 2.33. The fraction of sp³-hybridized carbons (Fsp3) is 0.600. The van der Waals surface area contributed by atoms with Gasteiger partial charge in [0.15, 0.2) is 0 Å². The van der Waals surface area contributed by atoms with Crippen molar-refractivity contribution < 1.29 is 0 Å². The van der Waals surface area contributed by atoms with Gasteiger partial charge in [0.05, 0.1) is 11.9 Å². The van der Waals surface area contributed by atoms with Crippen LogP contribution in [0.25, 0.3) is 5.78 Å². The summed E-state index contributed by atoms with van der Waals surface area (Å²) in [6.45, 7) is 7.91. The summed E-state index contributed by atoms with van der Waals surface area (Å²) >= 11 is 0. The zero-order chi connectivity index (χ0) is 13.4. The number of fused-ring (bicyclic) bond motifs is 1. The standard InChI is InChI=1S/C15H22N4/c1-11(2)12(3)19(13-5-6-13)10-14-9-17-15-16-7-4-8-18(14)15/h4,7-9,11-13H,5-6,10H2,1-3H3/t12-/m1/s1. The van der Waals surface area contributed by atoms with Crippen LogP contribution in [0.15, 0.2) is 24.7 Å². The molecule has 1 fully saturated rings. The molecule has 0 amide bonds. The number of rotatable bonds is 5.